The Morgan fingerprint density at radius 1 is 1.40 bits per heavy atom. The van der Waals surface area contributed by atoms with Gasteiger partial charge in [0.05, 0.1) is 12.6 Å². The molecule has 2 heterocycles. The predicted octanol–water partition coefficient (Wildman–Crippen LogP) is 3.05. The minimum absolute atomic E-state index is 0. The minimum atomic E-state index is 0. The average molecular weight is 458 g/mol. The van der Waals surface area contributed by atoms with Crippen molar-refractivity contribution >= 4 is 29.9 Å². The first kappa shape index (κ1) is 19.0. The normalized spacial score (nSPS) is 29.8. The molecule has 3 atom stereocenters. The van der Waals surface area contributed by atoms with Crippen LogP contribution in [0.5, 0.6) is 0 Å². The van der Waals surface area contributed by atoms with Crippen LogP contribution in [0, 0.1) is 11.3 Å². The maximum absolute atomic E-state index is 6.09. The van der Waals surface area contributed by atoms with Gasteiger partial charge in [0.25, 0.3) is 0 Å². The van der Waals surface area contributed by atoms with Crippen LogP contribution in [-0.4, -0.2) is 35.8 Å². The zero-order valence-corrected chi connectivity index (χ0v) is 17.7. The van der Waals surface area contributed by atoms with E-state index in [9.17, 15) is 0 Å². The topological polar surface area (TPSA) is 50.6 Å². The minimum Gasteiger partial charge on any atom is -0.377 e. The third-order valence-corrected chi connectivity index (χ3v) is 6.24. The Morgan fingerprint density at radius 3 is 2.88 bits per heavy atom. The van der Waals surface area contributed by atoms with Crippen LogP contribution in [0.15, 0.2) is 23.5 Å². The molecule has 0 radical (unpaired) electrons. The molecule has 1 spiro atoms. The van der Waals surface area contributed by atoms with Crippen molar-refractivity contribution in [3.63, 3.8) is 0 Å². The number of aromatic nitrogens is 1. The number of halogens is 1. The zero-order chi connectivity index (χ0) is 16.6. The summed E-state index contributed by atoms with van der Waals surface area (Å²) in [6, 6.07) is 2.66. The van der Waals surface area contributed by atoms with Crippen LogP contribution in [0.1, 0.15) is 44.6 Å². The second-order valence-corrected chi connectivity index (χ2v) is 7.69. The Balaban J connectivity index is 0.00000182. The molecule has 6 heteroatoms. The number of aryl methyl sites for hydroxylation is 1. The summed E-state index contributed by atoms with van der Waals surface area (Å²) in [7, 11) is 2.05. The van der Waals surface area contributed by atoms with Crippen LogP contribution in [-0.2, 0) is 18.3 Å². The first-order valence-corrected chi connectivity index (χ1v) is 9.50. The summed E-state index contributed by atoms with van der Waals surface area (Å²) in [5.41, 5.74) is 1.62. The van der Waals surface area contributed by atoms with E-state index in [0.29, 0.717) is 23.5 Å². The van der Waals surface area contributed by atoms with E-state index in [4.69, 9.17) is 9.73 Å². The van der Waals surface area contributed by atoms with Crippen LogP contribution in [0.2, 0.25) is 0 Å². The average Bonchev–Trinajstić information content (AvgIpc) is 3.29. The zero-order valence-electron chi connectivity index (χ0n) is 15.3. The quantitative estimate of drug-likeness (QED) is 0.415. The van der Waals surface area contributed by atoms with Gasteiger partial charge in [-0.05, 0) is 37.8 Å². The van der Waals surface area contributed by atoms with Crippen LogP contribution in [0.3, 0.4) is 0 Å². The second kappa shape index (κ2) is 7.86. The summed E-state index contributed by atoms with van der Waals surface area (Å²) in [5, 5.41) is 7.22. The van der Waals surface area contributed by atoms with Crippen molar-refractivity contribution in [3.05, 3.63) is 24.0 Å². The fraction of sp³-hybridized carbons (Fsp3) is 0.737. The van der Waals surface area contributed by atoms with Gasteiger partial charge in [0.1, 0.15) is 0 Å². The second-order valence-electron chi connectivity index (χ2n) is 7.69. The van der Waals surface area contributed by atoms with Crippen molar-refractivity contribution in [2.45, 2.75) is 57.7 Å². The molecule has 2 aliphatic carbocycles. The number of ether oxygens (including phenoxy) is 1. The molecule has 1 aromatic heterocycles. The monoisotopic (exact) mass is 458 g/mol. The number of guanidine groups is 1. The maximum Gasteiger partial charge on any atom is 0.191 e. The van der Waals surface area contributed by atoms with E-state index in [1.165, 1.54) is 37.7 Å². The number of aliphatic imine (C=N–C) groups is 1. The lowest BCUT2D eigenvalue weighted by atomic mass is 9.54. The highest BCUT2D eigenvalue weighted by molar-refractivity contribution is 14.0. The molecule has 3 unspecified atom stereocenters. The van der Waals surface area contributed by atoms with Gasteiger partial charge in [-0.25, -0.2) is 4.99 Å². The van der Waals surface area contributed by atoms with Gasteiger partial charge in [-0.3, -0.25) is 0 Å². The lowest BCUT2D eigenvalue weighted by Crippen LogP contribution is -2.69. The third kappa shape index (κ3) is 3.44. The molecule has 140 valence electrons. The predicted molar refractivity (Wildman–Crippen MR) is 111 cm³/mol. The summed E-state index contributed by atoms with van der Waals surface area (Å²) in [4.78, 5) is 4.83. The number of hydrogen-bond acceptors (Lipinski definition) is 2. The molecule has 1 saturated heterocycles. The number of nitrogens with zero attached hydrogens (tertiary/aromatic N) is 2. The summed E-state index contributed by atoms with van der Waals surface area (Å²) in [6.45, 7) is 4.69. The smallest absolute Gasteiger partial charge is 0.191 e. The van der Waals surface area contributed by atoms with E-state index in [2.05, 4.69) is 47.6 Å². The lowest BCUT2D eigenvalue weighted by Gasteiger charge is -2.57. The van der Waals surface area contributed by atoms with Gasteiger partial charge in [-0.2, -0.15) is 0 Å². The number of rotatable bonds is 4. The van der Waals surface area contributed by atoms with Crippen molar-refractivity contribution in [1.29, 1.82) is 0 Å². The molecule has 5 nitrogen and oxygen atoms in total. The Hall–Kier alpha value is -0.760. The highest BCUT2D eigenvalue weighted by atomic mass is 127. The number of hydrogen-bond donors (Lipinski definition) is 2. The summed E-state index contributed by atoms with van der Waals surface area (Å²) in [6.07, 6.45) is 11.2. The first-order valence-electron chi connectivity index (χ1n) is 9.50. The summed E-state index contributed by atoms with van der Waals surface area (Å²) >= 11 is 0. The fourth-order valence-electron chi connectivity index (χ4n) is 5.20. The van der Waals surface area contributed by atoms with Crippen LogP contribution >= 0.6 is 24.0 Å². The molecule has 3 aliphatic rings. The molecule has 25 heavy (non-hydrogen) atoms. The van der Waals surface area contributed by atoms with Crippen molar-refractivity contribution in [3.8, 4) is 0 Å². The van der Waals surface area contributed by atoms with E-state index in [1.54, 1.807) is 0 Å². The molecular weight excluding hydrogens is 427 g/mol. The standard InChI is InChI=1S/C19H30N4O.HI/c1-3-20-18(21-12-14-6-10-23(2)13-14)22-16-15-7-11-24-17(15)19(16)8-4-5-9-19;/h6,10,13,15-17H,3-5,7-9,11-12H2,1-2H3,(H2,20,21,22);1H. The van der Waals surface area contributed by atoms with E-state index < -0.39 is 0 Å². The summed E-state index contributed by atoms with van der Waals surface area (Å²) in [5.74, 6) is 1.63. The highest BCUT2D eigenvalue weighted by Crippen LogP contribution is 2.60. The number of fused-ring (bicyclic) bond motifs is 2. The highest BCUT2D eigenvalue weighted by Gasteiger charge is 2.65. The van der Waals surface area contributed by atoms with Crippen LogP contribution < -0.4 is 10.6 Å². The molecule has 3 fully saturated rings. The van der Waals surface area contributed by atoms with E-state index in [0.717, 1.165) is 25.7 Å². The van der Waals surface area contributed by atoms with Crippen molar-refractivity contribution in [1.82, 2.24) is 15.2 Å². The van der Waals surface area contributed by atoms with Gasteiger partial charge in [0, 0.05) is 50.0 Å². The van der Waals surface area contributed by atoms with Gasteiger partial charge in [-0.15, -0.1) is 24.0 Å². The molecule has 1 aliphatic heterocycles. The fourth-order valence-corrected chi connectivity index (χ4v) is 5.20. The van der Waals surface area contributed by atoms with E-state index >= 15 is 0 Å². The molecule has 2 N–H and O–H groups in total. The van der Waals surface area contributed by atoms with Gasteiger partial charge < -0.3 is 19.9 Å². The number of nitrogens with one attached hydrogen (secondary N) is 2. The largest absolute Gasteiger partial charge is 0.377 e. The van der Waals surface area contributed by atoms with Gasteiger partial charge in [0.15, 0.2) is 5.96 Å². The first-order chi connectivity index (χ1) is 11.7. The Labute approximate surface area is 168 Å². The Bertz CT molecular complexity index is 608. The van der Waals surface area contributed by atoms with Crippen LogP contribution in [0.25, 0.3) is 0 Å². The molecule has 0 bridgehead atoms. The van der Waals surface area contributed by atoms with Gasteiger partial charge in [-0.1, -0.05) is 12.8 Å². The SMILES string of the molecule is CCNC(=NCc1ccn(C)c1)NC1C2CCOC2C12CCCC2.I. The Morgan fingerprint density at radius 2 is 2.20 bits per heavy atom. The third-order valence-electron chi connectivity index (χ3n) is 6.24. The molecule has 2 saturated carbocycles. The molecule has 4 rings (SSSR count). The molecule has 0 amide bonds. The molecule has 1 aromatic rings. The molecular formula is C19H31IN4O. The van der Waals surface area contributed by atoms with E-state index in [1.807, 2.05) is 0 Å². The van der Waals surface area contributed by atoms with Gasteiger partial charge >= 0.3 is 0 Å². The van der Waals surface area contributed by atoms with Crippen molar-refractivity contribution in [2.24, 2.45) is 23.4 Å². The summed E-state index contributed by atoms with van der Waals surface area (Å²) < 4.78 is 8.16. The molecule has 0 aromatic carbocycles. The van der Waals surface area contributed by atoms with Crippen molar-refractivity contribution in [2.75, 3.05) is 13.2 Å². The lowest BCUT2D eigenvalue weighted by molar-refractivity contribution is -0.125. The Kier molecular flexibility index (Phi) is 5.98. The van der Waals surface area contributed by atoms with Crippen molar-refractivity contribution < 1.29 is 4.74 Å². The van der Waals surface area contributed by atoms with E-state index in [-0.39, 0.29) is 24.0 Å². The van der Waals surface area contributed by atoms with Gasteiger partial charge in [0.2, 0.25) is 0 Å². The maximum atomic E-state index is 6.09. The van der Waals surface area contributed by atoms with Crippen LogP contribution in [0.4, 0.5) is 0 Å².